The standard InChI is InChI=1S/C21H21N3O2S/c1-13(2)15-4-6-17(7-5-15)20(26)24-21-23-19(12-27-21)16-8-10-18(11-9-16)22-14(3)25/h4-13H,1-3H3,(H,22,25)(H,23,24,26). The summed E-state index contributed by atoms with van der Waals surface area (Å²) in [5.41, 5.74) is 4.24. The number of hydrogen-bond donors (Lipinski definition) is 2. The number of hydrogen-bond acceptors (Lipinski definition) is 4. The predicted molar refractivity (Wildman–Crippen MR) is 110 cm³/mol. The Morgan fingerprint density at radius 3 is 2.22 bits per heavy atom. The molecule has 0 atom stereocenters. The number of thiazole rings is 1. The van der Waals surface area contributed by atoms with Crippen molar-refractivity contribution in [2.45, 2.75) is 26.7 Å². The number of amides is 2. The van der Waals surface area contributed by atoms with Gasteiger partial charge < -0.3 is 5.32 Å². The van der Waals surface area contributed by atoms with E-state index in [9.17, 15) is 9.59 Å². The highest BCUT2D eigenvalue weighted by Gasteiger charge is 2.11. The number of anilines is 2. The first-order valence-corrected chi connectivity index (χ1v) is 9.55. The van der Waals surface area contributed by atoms with E-state index in [1.54, 1.807) is 0 Å². The van der Waals surface area contributed by atoms with E-state index < -0.39 is 0 Å². The van der Waals surface area contributed by atoms with E-state index in [0.717, 1.165) is 16.9 Å². The zero-order valence-corrected chi connectivity index (χ0v) is 16.3. The van der Waals surface area contributed by atoms with Gasteiger partial charge in [0, 0.05) is 29.1 Å². The Morgan fingerprint density at radius 1 is 0.963 bits per heavy atom. The molecule has 0 aliphatic carbocycles. The molecule has 138 valence electrons. The van der Waals surface area contributed by atoms with Crippen molar-refractivity contribution in [1.29, 1.82) is 0 Å². The van der Waals surface area contributed by atoms with Gasteiger partial charge >= 0.3 is 0 Å². The maximum atomic E-state index is 12.4. The number of nitrogens with zero attached hydrogens (tertiary/aromatic N) is 1. The summed E-state index contributed by atoms with van der Waals surface area (Å²) in [6.07, 6.45) is 0. The molecule has 2 N–H and O–H groups in total. The Balaban J connectivity index is 1.68. The lowest BCUT2D eigenvalue weighted by Crippen LogP contribution is -2.11. The molecule has 0 spiro atoms. The van der Waals surface area contributed by atoms with Gasteiger partial charge in [-0.2, -0.15) is 0 Å². The third-order valence-electron chi connectivity index (χ3n) is 4.07. The van der Waals surface area contributed by atoms with Crippen LogP contribution in [0, 0.1) is 0 Å². The first-order valence-electron chi connectivity index (χ1n) is 8.67. The molecule has 5 nitrogen and oxygen atoms in total. The van der Waals surface area contributed by atoms with E-state index >= 15 is 0 Å². The molecule has 3 aromatic rings. The maximum Gasteiger partial charge on any atom is 0.257 e. The number of benzene rings is 2. The van der Waals surface area contributed by atoms with E-state index in [0.29, 0.717) is 16.6 Å². The largest absolute Gasteiger partial charge is 0.326 e. The number of carbonyl (C=O) groups is 2. The number of rotatable bonds is 5. The summed E-state index contributed by atoms with van der Waals surface area (Å²) in [6, 6.07) is 15.0. The van der Waals surface area contributed by atoms with E-state index in [4.69, 9.17) is 0 Å². The quantitative estimate of drug-likeness (QED) is 0.644. The van der Waals surface area contributed by atoms with Gasteiger partial charge in [-0.15, -0.1) is 11.3 Å². The van der Waals surface area contributed by atoms with Crippen LogP contribution >= 0.6 is 11.3 Å². The van der Waals surface area contributed by atoms with Gasteiger partial charge in [-0.05, 0) is 35.7 Å². The lowest BCUT2D eigenvalue weighted by Gasteiger charge is -2.06. The fraction of sp³-hybridized carbons (Fsp3) is 0.190. The van der Waals surface area contributed by atoms with Crippen LogP contribution < -0.4 is 10.6 Å². The van der Waals surface area contributed by atoms with Gasteiger partial charge in [-0.1, -0.05) is 38.1 Å². The van der Waals surface area contributed by atoms with Crippen LogP contribution in [0.4, 0.5) is 10.8 Å². The summed E-state index contributed by atoms with van der Waals surface area (Å²) in [7, 11) is 0. The molecule has 0 aliphatic heterocycles. The number of aromatic nitrogens is 1. The van der Waals surface area contributed by atoms with Gasteiger partial charge in [-0.3, -0.25) is 14.9 Å². The second-order valence-electron chi connectivity index (χ2n) is 6.53. The Bertz CT molecular complexity index is 944. The molecule has 0 bridgehead atoms. The zero-order valence-electron chi connectivity index (χ0n) is 15.4. The molecule has 0 unspecified atom stereocenters. The Labute approximate surface area is 162 Å². The molecular weight excluding hydrogens is 358 g/mol. The van der Waals surface area contributed by atoms with Gasteiger partial charge in [0.1, 0.15) is 0 Å². The minimum Gasteiger partial charge on any atom is -0.326 e. The molecule has 1 aromatic heterocycles. The molecule has 6 heteroatoms. The van der Waals surface area contributed by atoms with Gasteiger partial charge in [-0.25, -0.2) is 4.98 Å². The highest BCUT2D eigenvalue weighted by Crippen LogP contribution is 2.26. The smallest absolute Gasteiger partial charge is 0.257 e. The summed E-state index contributed by atoms with van der Waals surface area (Å²) in [4.78, 5) is 28.0. The topological polar surface area (TPSA) is 71.1 Å². The monoisotopic (exact) mass is 379 g/mol. The van der Waals surface area contributed by atoms with Crippen LogP contribution in [-0.4, -0.2) is 16.8 Å². The minimum atomic E-state index is -0.174. The van der Waals surface area contributed by atoms with Crippen molar-refractivity contribution in [3.05, 3.63) is 65.0 Å². The van der Waals surface area contributed by atoms with Crippen LogP contribution in [-0.2, 0) is 4.79 Å². The van der Waals surface area contributed by atoms with Crippen LogP contribution in [0.1, 0.15) is 42.6 Å². The molecule has 27 heavy (non-hydrogen) atoms. The summed E-state index contributed by atoms with van der Waals surface area (Å²) < 4.78 is 0. The number of carbonyl (C=O) groups excluding carboxylic acids is 2. The van der Waals surface area contributed by atoms with Crippen molar-refractivity contribution in [2.75, 3.05) is 10.6 Å². The van der Waals surface area contributed by atoms with E-state index in [1.165, 1.54) is 23.8 Å². The van der Waals surface area contributed by atoms with E-state index in [-0.39, 0.29) is 11.8 Å². The molecule has 0 radical (unpaired) electrons. The molecule has 0 fully saturated rings. The third-order valence-corrected chi connectivity index (χ3v) is 4.82. The van der Waals surface area contributed by atoms with E-state index in [2.05, 4.69) is 29.5 Å². The Kier molecular flexibility index (Phi) is 5.66. The van der Waals surface area contributed by atoms with Crippen LogP contribution in [0.2, 0.25) is 0 Å². The number of nitrogens with one attached hydrogen (secondary N) is 2. The first kappa shape index (κ1) is 18.8. The van der Waals surface area contributed by atoms with Gasteiger partial charge in [0.2, 0.25) is 5.91 Å². The Hall–Kier alpha value is -2.99. The minimum absolute atomic E-state index is 0.108. The summed E-state index contributed by atoms with van der Waals surface area (Å²) in [5, 5.41) is 8.02. The average Bonchev–Trinajstić information content (AvgIpc) is 3.10. The highest BCUT2D eigenvalue weighted by atomic mass is 32.1. The zero-order chi connectivity index (χ0) is 19.4. The van der Waals surface area contributed by atoms with Crippen molar-refractivity contribution in [3.8, 4) is 11.3 Å². The van der Waals surface area contributed by atoms with Crippen molar-refractivity contribution in [2.24, 2.45) is 0 Å². The molecular formula is C21H21N3O2S. The van der Waals surface area contributed by atoms with Crippen LogP contribution in [0.3, 0.4) is 0 Å². The van der Waals surface area contributed by atoms with Gasteiger partial charge in [0.25, 0.3) is 5.91 Å². The highest BCUT2D eigenvalue weighted by molar-refractivity contribution is 7.14. The van der Waals surface area contributed by atoms with Crippen molar-refractivity contribution in [3.63, 3.8) is 0 Å². The summed E-state index contributed by atoms with van der Waals surface area (Å²) in [5.74, 6) is 0.149. The van der Waals surface area contributed by atoms with Gasteiger partial charge in [0.05, 0.1) is 5.69 Å². The molecule has 2 amide bonds. The Morgan fingerprint density at radius 2 is 1.63 bits per heavy atom. The fourth-order valence-electron chi connectivity index (χ4n) is 2.58. The molecule has 0 saturated carbocycles. The summed E-state index contributed by atoms with van der Waals surface area (Å²) in [6.45, 7) is 5.71. The van der Waals surface area contributed by atoms with Crippen molar-refractivity contribution < 1.29 is 9.59 Å². The molecule has 0 aliphatic rings. The molecule has 1 heterocycles. The fourth-order valence-corrected chi connectivity index (χ4v) is 3.29. The molecule has 2 aromatic carbocycles. The first-order chi connectivity index (χ1) is 12.9. The maximum absolute atomic E-state index is 12.4. The second kappa shape index (κ2) is 8.14. The van der Waals surface area contributed by atoms with Gasteiger partial charge in [0.15, 0.2) is 5.13 Å². The second-order valence-corrected chi connectivity index (χ2v) is 7.39. The van der Waals surface area contributed by atoms with Crippen molar-refractivity contribution >= 4 is 34.0 Å². The average molecular weight is 379 g/mol. The molecule has 3 rings (SSSR count). The lowest BCUT2D eigenvalue weighted by atomic mass is 10.0. The van der Waals surface area contributed by atoms with Crippen molar-refractivity contribution in [1.82, 2.24) is 4.98 Å². The third kappa shape index (κ3) is 4.80. The van der Waals surface area contributed by atoms with Crippen LogP contribution in [0.5, 0.6) is 0 Å². The lowest BCUT2D eigenvalue weighted by molar-refractivity contribution is -0.114. The summed E-state index contributed by atoms with van der Waals surface area (Å²) >= 11 is 1.38. The van der Waals surface area contributed by atoms with E-state index in [1.807, 2.05) is 53.9 Å². The normalized spacial score (nSPS) is 10.7. The van der Waals surface area contributed by atoms with Crippen LogP contribution in [0.15, 0.2) is 53.9 Å². The van der Waals surface area contributed by atoms with Crippen LogP contribution in [0.25, 0.3) is 11.3 Å². The predicted octanol–water partition coefficient (Wildman–Crippen LogP) is 5.14. The SMILES string of the molecule is CC(=O)Nc1ccc(-c2csc(NC(=O)c3ccc(C(C)C)cc3)n2)cc1. The molecule has 0 saturated heterocycles.